The Kier molecular flexibility index (Phi) is 6.78. The Hall–Kier alpha value is -1.89. The first-order valence-electron chi connectivity index (χ1n) is 7.35. The van der Waals surface area contributed by atoms with Gasteiger partial charge in [-0.15, -0.1) is 0 Å². The molecule has 0 fully saturated rings. The smallest absolute Gasteiger partial charge is 0.274 e. The number of carbonyl (C=O) groups is 1. The Balaban J connectivity index is 2.11. The Morgan fingerprint density at radius 3 is 2.83 bits per heavy atom. The third-order valence-corrected chi connectivity index (χ3v) is 3.92. The van der Waals surface area contributed by atoms with Crippen LogP contribution in [0.25, 0.3) is 0 Å². The number of nitrogens with zero attached hydrogens (tertiary/aromatic N) is 2. The van der Waals surface area contributed by atoms with E-state index in [0.29, 0.717) is 35.5 Å². The molecule has 0 aliphatic carbocycles. The Labute approximate surface area is 150 Å². The van der Waals surface area contributed by atoms with Gasteiger partial charge in [-0.1, -0.05) is 29.3 Å². The van der Waals surface area contributed by atoms with E-state index in [4.69, 9.17) is 27.9 Å². The zero-order valence-electron chi connectivity index (χ0n) is 13.4. The molecule has 1 aromatic carbocycles. The Morgan fingerprint density at radius 2 is 2.08 bits per heavy atom. The summed E-state index contributed by atoms with van der Waals surface area (Å²) >= 11 is 12.0. The number of amides is 1. The molecule has 0 saturated carbocycles. The molecule has 0 bridgehead atoms. The molecule has 2 aromatic rings. The van der Waals surface area contributed by atoms with E-state index in [0.717, 1.165) is 6.42 Å². The summed E-state index contributed by atoms with van der Waals surface area (Å²) in [6.45, 7) is 3.06. The minimum Gasteiger partial charge on any atom is -0.385 e. The van der Waals surface area contributed by atoms with Crippen LogP contribution in [-0.2, 0) is 4.74 Å². The number of aryl methyl sites for hydroxylation is 1. The third-order valence-electron chi connectivity index (χ3n) is 3.10. The number of hydrogen-bond acceptors (Lipinski definition) is 5. The molecule has 0 radical (unpaired) electrons. The second-order valence-corrected chi connectivity index (χ2v) is 5.80. The minimum atomic E-state index is -0.385. The first-order valence-corrected chi connectivity index (χ1v) is 8.10. The van der Waals surface area contributed by atoms with Crippen molar-refractivity contribution >= 4 is 40.6 Å². The summed E-state index contributed by atoms with van der Waals surface area (Å²) in [7, 11) is 1.65. The average Bonchev–Trinajstić information content (AvgIpc) is 2.55. The predicted molar refractivity (Wildman–Crippen MR) is 96.2 cm³/mol. The predicted octanol–water partition coefficient (Wildman–Crippen LogP) is 3.79. The highest BCUT2D eigenvalue weighted by Gasteiger charge is 2.13. The van der Waals surface area contributed by atoms with Gasteiger partial charge in [0, 0.05) is 26.3 Å². The fourth-order valence-corrected chi connectivity index (χ4v) is 2.34. The molecule has 1 aromatic heterocycles. The van der Waals surface area contributed by atoms with Gasteiger partial charge in [0.1, 0.15) is 17.3 Å². The maximum Gasteiger partial charge on any atom is 0.274 e. The number of nitrogens with one attached hydrogen (secondary N) is 2. The summed E-state index contributed by atoms with van der Waals surface area (Å²) in [6, 6.07) is 6.62. The van der Waals surface area contributed by atoms with Crippen LogP contribution in [-0.4, -0.2) is 36.1 Å². The maximum absolute atomic E-state index is 12.4. The van der Waals surface area contributed by atoms with Gasteiger partial charge in [-0.05, 0) is 25.5 Å². The van der Waals surface area contributed by atoms with E-state index in [9.17, 15) is 4.79 Å². The molecule has 0 aliphatic rings. The van der Waals surface area contributed by atoms with Crippen molar-refractivity contribution in [2.75, 3.05) is 30.9 Å². The van der Waals surface area contributed by atoms with Crippen LogP contribution in [0.2, 0.25) is 10.0 Å². The van der Waals surface area contributed by atoms with Crippen molar-refractivity contribution in [3.8, 4) is 0 Å². The highest BCUT2D eigenvalue weighted by molar-refractivity contribution is 6.44. The molecule has 128 valence electrons. The summed E-state index contributed by atoms with van der Waals surface area (Å²) in [4.78, 5) is 20.8. The molecule has 1 heterocycles. The maximum atomic E-state index is 12.4. The van der Waals surface area contributed by atoms with Gasteiger partial charge in [0.25, 0.3) is 5.91 Å². The lowest BCUT2D eigenvalue weighted by Gasteiger charge is -2.10. The third kappa shape index (κ3) is 5.06. The lowest BCUT2D eigenvalue weighted by atomic mass is 10.3. The van der Waals surface area contributed by atoms with E-state index < -0.39 is 0 Å². The molecule has 8 heteroatoms. The van der Waals surface area contributed by atoms with Gasteiger partial charge in [-0.3, -0.25) is 4.79 Å². The topological polar surface area (TPSA) is 76.1 Å². The molecular weight excluding hydrogens is 351 g/mol. The highest BCUT2D eigenvalue weighted by Crippen LogP contribution is 2.29. The fraction of sp³-hybridized carbons (Fsp3) is 0.312. The van der Waals surface area contributed by atoms with Gasteiger partial charge in [-0.25, -0.2) is 9.97 Å². The Bertz CT molecular complexity index is 725. The van der Waals surface area contributed by atoms with Crippen molar-refractivity contribution < 1.29 is 9.53 Å². The largest absolute Gasteiger partial charge is 0.385 e. The van der Waals surface area contributed by atoms with E-state index >= 15 is 0 Å². The van der Waals surface area contributed by atoms with Crippen molar-refractivity contribution in [1.82, 2.24) is 9.97 Å². The zero-order valence-corrected chi connectivity index (χ0v) is 14.9. The van der Waals surface area contributed by atoms with Gasteiger partial charge in [-0.2, -0.15) is 0 Å². The van der Waals surface area contributed by atoms with Crippen molar-refractivity contribution in [2.24, 2.45) is 0 Å². The lowest BCUT2D eigenvalue weighted by molar-refractivity contribution is 0.102. The second-order valence-electron chi connectivity index (χ2n) is 5.01. The van der Waals surface area contributed by atoms with Crippen LogP contribution in [0.3, 0.4) is 0 Å². The van der Waals surface area contributed by atoms with E-state index in [1.807, 2.05) is 0 Å². The average molecular weight is 369 g/mol. The number of methoxy groups -OCH3 is 1. The first kappa shape index (κ1) is 18.4. The SMILES string of the molecule is COCCCNc1cc(C(=O)Nc2cccc(Cl)c2Cl)nc(C)n1. The Morgan fingerprint density at radius 1 is 1.29 bits per heavy atom. The number of aromatic nitrogens is 2. The molecule has 2 rings (SSSR count). The van der Waals surface area contributed by atoms with Gasteiger partial charge >= 0.3 is 0 Å². The van der Waals surface area contributed by atoms with E-state index in [-0.39, 0.29) is 16.6 Å². The summed E-state index contributed by atoms with van der Waals surface area (Å²) in [5.74, 6) is 0.694. The van der Waals surface area contributed by atoms with E-state index in [1.54, 1.807) is 38.3 Å². The van der Waals surface area contributed by atoms with Crippen molar-refractivity contribution in [1.29, 1.82) is 0 Å². The van der Waals surface area contributed by atoms with Crippen molar-refractivity contribution in [2.45, 2.75) is 13.3 Å². The molecule has 0 aliphatic heterocycles. The molecule has 6 nitrogen and oxygen atoms in total. The van der Waals surface area contributed by atoms with Gasteiger partial charge < -0.3 is 15.4 Å². The summed E-state index contributed by atoms with van der Waals surface area (Å²) in [6.07, 6.45) is 0.833. The number of carbonyl (C=O) groups excluding carboxylic acids is 1. The molecule has 2 N–H and O–H groups in total. The van der Waals surface area contributed by atoms with Gasteiger partial charge in [0.05, 0.1) is 15.7 Å². The number of benzene rings is 1. The highest BCUT2D eigenvalue weighted by atomic mass is 35.5. The number of halogens is 2. The molecule has 0 spiro atoms. The van der Waals surface area contributed by atoms with Gasteiger partial charge in [0.2, 0.25) is 0 Å². The van der Waals surface area contributed by atoms with Crippen LogP contribution >= 0.6 is 23.2 Å². The van der Waals surface area contributed by atoms with Crippen LogP contribution in [0.1, 0.15) is 22.7 Å². The van der Waals surface area contributed by atoms with Crippen LogP contribution in [0, 0.1) is 6.92 Å². The second kappa shape index (κ2) is 8.82. The van der Waals surface area contributed by atoms with E-state index in [2.05, 4.69) is 20.6 Å². The van der Waals surface area contributed by atoms with Crippen LogP contribution in [0.5, 0.6) is 0 Å². The molecular formula is C16H18Cl2N4O2. The number of hydrogen-bond donors (Lipinski definition) is 2. The number of anilines is 2. The van der Waals surface area contributed by atoms with Crippen LogP contribution in [0.4, 0.5) is 11.5 Å². The standard InChI is InChI=1S/C16H18Cl2N4O2/c1-10-20-13(9-14(21-10)19-7-4-8-24-2)16(23)22-12-6-3-5-11(17)15(12)18/h3,5-6,9H,4,7-8H2,1-2H3,(H,22,23)(H,19,20,21). The number of rotatable bonds is 7. The first-order chi connectivity index (χ1) is 11.5. The molecule has 0 saturated heterocycles. The van der Waals surface area contributed by atoms with Crippen LogP contribution < -0.4 is 10.6 Å². The summed E-state index contributed by atoms with van der Waals surface area (Å²) < 4.78 is 4.99. The lowest BCUT2D eigenvalue weighted by Crippen LogP contribution is -2.16. The minimum absolute atomic E-state index is 0.243. The zero-order chi connectivity index (χ0) is 17.5. The fourth-order valence-electron chi connectivity index (χ4n) is 1.99. The molecule has 24 heavy (non-hydrogen) atoms. The molecule has 0 atom stereocenters. The van der Waals surface area contributed by atoms with Crippen LogP contribution in [0.15, 0.2) is 24.3 Å². The van der Waals surface area contributed by atoms with Crippen molar-refractivity contribution in [3.63, 3.8) is 0 Å². The summed E-state index contributed by atoms with van der Waals surface area (Å²) in [5, 5.41) is 6.50. The number of ether oxygens (including phenoxy) is 1. The monoisotopic (exact) mass is 368 g/mol. The quantitative estimate of drug-likeness (QED) is 0.727. The molecule has 1 amide bonds. The molecule has 0 unspecified atom stereocenters. The van der Waals surface area contributed by atoms with Gasteiger partial charge in [0.15, 0.2) is 0 Å². The van der Waals surface area contributed by atoms with Crippen molar-refractivity contribution in [3.05, 3.63) is 45.8 Å². The summed E-state index contributed by atoms with van der Waals surface area (Å²) in [5.41, 5.74) is 0.674. The normalized spacial score (nSPS) is 10.5. The van der Waals surface area contributed by atoms with E-state index in [1.165, 1.54) is 0 Å².